The van der Waals surface area contributed by atoms with Gasteiger partial charge < -0.3 is 5.73 Å². The first-order valence-electron chi connectivity index (χ1n) is 6.11. The molecule has 1 unspecified atom stereocenters. The molecule has 0 aromatic heterocycles. The maximum atomic E-state index is 12.5. The third-order valence-corrected chi connectivity index (χ3v) is 5.42. The number of sulfonamides is 1. The van der Waals surface area contributed by atoms with Crippen LogP contribution < -0.4 is 5.73 Å². The summed E-state index contributed by atoms with van der Waals surface area (Å²) in [4.78, 5) is 9.90. The number of benzene rings is 1. The molecule has 0 bridgehead atoms. The number of rotatable bonds is 5. The van der Waals surface area contributed by atoms with E-state index in [1.54, 1.807) is 6.92 Å². The summed E-state index contributed by atoms with van der Waals surface area (Å²) >= 11 is 0. The Bertz CT molecular complexity index is 613. The molecule has 8 heteroatoms. The van der Waals surface area contributed by atoms with Crippen LogP contribution in [0.2, 0.25) is 0 Å². The highest BCUT2D eigenvalue weighted by molar-refractivity contribution is 7.89. The number of non-ortho nitro benzene ring substituents is 1. The number of anilines is 1. The molecule has 0 aliphatic heterocycles. The van der Waals surface area contributed by atoms with Gasteiger partial charge in [-0.05, 0) is 18.9 Å². The third kappa shape index (κ3) is 3.07. The Morgan fingerprint density at radius 3 is 2.25 bits per heavy atom. The molecule has 0 aliphatic carbocycles. The SMILES string of the molecule is CC(C)C(C)N(C)S(=O)(=O)c1ccc([N+](=O)[O-])cc1N. The van der Waals surface area contributed by atoms with Crippen LogP contribution in [0.25, 0.3) is 0 Å². The third-order valence-electron chi connectivity index (χ3n) is 3.40. The van der Waals surface area contributed by atoms with Gasteiger partial charge in [0.1, 0.15) is 4.90 Å². The lowest BCUT2D eigenvalue weighted by molar-refractivity contribution is -0.384. The van der Waals surface area contributed by atoms with E-state index in [1.807, 2.05) is 13.8 Å². The summed E-state index contributed by atoms with van der Waals surface area (Å²) in [5, 5.41) is 10.6. The highest BCUT2D eigenvalue weighted by Gasteiger charge is 2.29. The first-order chi connectivity index (χ1) is 9.09. The number of nitrogens with two attached hydrogens (primary N) is 1. The molecule has 1 atom stereocenters. The van der Waals surface area contributed by atoms with Gasteiger partial charge in [0.05, 0.1) is 10.6 Å². The zero-order valence-electron chi connectivity index (χ0n) is 11.9. The molecular weight excluding hydrogens is 282 g/mol. The molecule has 2 N–H and O–H groups in total. The Morgan fingerprint density at radius 1 is 1.30 bits per heavy atom. The van der Waals surface area contributed by atoms with Gasteiger partial charge in [-0.25, -0.2) is 8.42 Å². The number of hydrogen-bond acceptors (Lipinski definition) is 5. The van der Waals surface area contributed by atoms with E-state index >= 15 is 0 Å². The van der Waals surface area contributed by atoms with Crippen molar-refractivity contribution in [2.45, 2.75) is 31.7 Å². The molecule has 1 aromatic rings. The minimum atomic E-state index is -3.77. The molecule has 0 saturated carbocycles. The van der Waals surface area contributed by atoms with E-state index < -0.39 is 14.9 Å². The monoisotopic (exact) mass is 301 g/mol. The second-order valence-electron chi connectivity index (χ2n) is 4.99. The van der Waals surface area contributed by atoms with Crippen molar-refractivity contribution in [2.75, 3.05) is 12.8 Å². The maximum absolute atomic E-state index is 12.5. The van der Waals surface area contributed by atoms with Crippen LogP contribution in [-0.2, 0) is 10.0 Å². The van der Waals surface area contributed by atoms with Crippen molar-refractivity contribution in [3.05, 3.63) is 28.3 Å². The predicted molar refractivity (Wildman–Crippen MR) is 76.8 cm³/mol. The van der Waals surface area contributed by atoms with Crippen molar-refractivity contribution in [3.63, 3.8) is 0 Å². The largest absolute Gasteiger partial charge is 0.397 e. The number of nitro groups is 1. The topological polar surface area (TPSA) is 107 Å². The molecule has 0 fully saturated rings. The van der Waals surface area contributed by atoms with E-state index in [4.69, 9.17) is 5.73 Å². The van der Waals surface area contributed by atoms with Crippen LogP contribution in [0.4, 0.5) is 11.4 Å². The highest BCUT2D eigenvalue weighted by Crippen LogP contribution is 2.27. The van der Waals surface area contributed by atoms with Crippen LogP contribution in [0.15, 0.2) is 23.1 Å². The summed E-state index contributed by atoms with van der Waals surface area (Å²) in [6.45, 7) is 5.62. The molecule has 7 nitrogen and oxygen atoms in total. The number of nitrogens with zero attached hydrogens (tertiary/aromatic N) is 2. The molecule has 0 heterocycles. The summed E-state index contributed by atoms with van der Waals surface area (Å²) in [6, 6.07) is 3.15. The van der Waals surface area contributed by atoms with E-state index in [0.29, 0.717) is 0 Å². The smallest absolute Gasteiger partial charge is 0.271 e. The van der Waals surface area contributed by atoms with E-state index in [2.05, 4.69) is 0 Å². The minimum absolute atomic E-state index is 0.113. The molecule has 0 aliphatic rings. The van der Waals surface area contributed by atoms with Gasteiger partial charge in [-0.1, -0.05) is 13.8 Å². The van der Waals surface area contributed by atoms with Gasteiger partial charge in [0, 0.05) is 25.2 Å². The van der Waals surface area contributed by atoms with Crippen molar-refractivity contribution in [1.29, 1.82) is 0 Å². The molecule has 0 spiro atoms. The van der Waals surface area contributed by atoms with Gasteiger partial charge in [0.2, 0.25) is 10.0 Å². The molecule has 1 rings (SSSR count). The highest BCUT2D eigenvalue weighted by atomic mass is 32.2. The van der Waals surface area contributed by atoms with Crippen LogP contribution >= 0.6 is 0 Å². The normalized spacial score (nSPS) is 13.7. The Morgan fingerprint density at radius 2 is 1.85 bits per heavy atom. The fourth-order valence-corrected chi connectivity index (χ4v) is 3.27. The van der Waals surface area contributed by atoms with E-state index in [0.717, 1.165) is 12.1 Å². The molecule has 20 heavy (non-hydrogen) atoms. The van der Waals surface area contributed by atoms with Gasteiger partial charge >= 0.3 is 0 Å². The standard InChI is InChI=1S/C12H19N3O4S/c1-8(2)9(3)14(4)20(18,19)12-6-5-10(15(16)17)7-11(12)13/h5-9H,13H2,1-4H3. The Labute approximate surface area is 118 Å². The fraction of sp³-hybridized carbons (Fsp3) is 0.500. The molecule has 0 saturated heterocycles. The summed E-state index contributed by atoms with van der Waals surface area (Å²) in [5.41, 5.74) is 5.29. The van der Waals surface area contributed by atoms with Gasteiger partial charge in [-0.15, -0.1) is 0 Å². The second-order valence-corrected chi connectivity index (χ2v) is 6.95. The summed E-state index contributed by atoms with van der Waals surface area (Å²) in [6.07, 6.45) is 0. The Kier molecular flexibility index (Phi) is 4.72. The van der Waals surface area contributed by atoms with Crippen molar-refractivity contribution in [3.8, 4) is 0 Å². The van der Waals surface area contributed by atoms with E-state index in [-0.39, 0.29) is 28.2 Å². The van der Waals surface area contributed by atoms with Crippen molar-refractivity contribution in [2.24, 2.45) is 5.92 Å². The molecule has 1 aromatic carbocycles. The fourth-order valence-electron chi connectivity index (χ4n) is 1.68. The zero-order valence-corrected chi connectivity index (χ0v) is 12.7. The Hall–Kier alpha value is -1.67. The summed E-state index contributed by atoms with van der Waals surface area (Å²) in [5.74, 6) is 0.133. The quantitative estimate of drug-likeness (QED) is 0.507. The summed E-state index contributed by atoms with van der Waals surface area (Å²) in [7, 11) is -2.30. The van der Waals surface area contributed by atoms with Crippen LogP contribution in [0.5, 0.6) is 0 Å². The number of nitrogen functional groups attached to an aromatic ring is 1. The minimum Gasteiger partial charge on any atom is -0.397 e. The molecule has 112 valence electrons. The number of hydrogen-bond donors (Lipinski definition) is 1. The van der Waals surface area contributed by atoms with Gasteiger partial charge in [0.25, 0.3) is 5.69 Å². The van der Waals surface area contributed by atoms with Crippen molar-refractivity contribution < 1.29 is 13.3 Å². The van der Waals surface area contributed by atoms with E-state index in [1.165, 1.54) is 17.4 Å². The van der Waals surface area contributed by atoms with Gasteiger partial charge in [0.15, 0.2) is 0 Å². The lowest BCUT2D eigenvalue weighted by atomic mass is 10.1. The second kappa shape index (κ2) is 5.76. The lowest BCUT2D eigenvalue weighted by Gasteiger charge is -2.27. The zero-order chi connectivity index (χ0) is 15.7. The van der Waals surface area contributed by atoms with Crippen molar-refractivity contribution in [1.82, 2.24) is 4.31 Å². The van der Waals surface area contributed by atoms with Crippen molar-refractivity contribution >= 4 is 21.4 Å². The average Bonchev–Trinajstić information content (AvgIpc) is 2.36. The summed E-state index contributed by atoms with van der Waals surface area (Å²) < 4.78 is 26.1. The molecular formula is C12H19N3O4S. The maximum Gasteiger partial charge on any atom is 0.271 e. The van der Waals surface area contributed by atoms with E-state index in [9.17, 15) is 18.5 Å². The van der Waals surface area contributed by atoms with Crippen LogP contribution in [0, 0.1) is 16.0 Å². The van der Waals surface area contributed by atoms with Crippen LogP contribution in [0.3, 0.4) is 0 Å². The predicted octanol–water partition coefficient (Wildman–Crippen LogP) is 1.84. The van der Waals surface area contributed by atoms with Crippen LogP contribution in [-0.4, -0.2) is 30.7 Å². The van der Waals surface area contributed by atoms with Crippen LogP contribution in [0.1, 0.15) is 20.8 Å². The average molecular weight is 301 g/mol. The molecule has 0 radical (unpaired) electrons. The first-order valence-corrected chi connectivity index (χ1v) is 7.55. The first kappa shape index (κ1) is 16.4. The van der Waals surface area contributed by atoms with Gasteiger partial charge in [-0.3, -0.25) is 10.1 Å². The van der Waals surface area contributed by atoms with Gasteiger partial charge in [-0.2, -0.15) is 4.31 Å². The Balaban J connectivity index is 3.26. The number of nitro benzene ring substituents is 1. The lowest BCUT2D eigenvalue weighted by Crippen LogP contribution is -2.38. The molecule has 0 amide bonds.